The van der Waals surface area contributed by atoms with Crippen LogP contribution in [0.1, 0.15) is 28.8 Å². The van der Waals surface area contributed by atoms with E-state index in [4.69, 9.17) is 4.42 Å². The van der Waals surface area contributed by atoms with Crippen molar-refractivity contribution in [3.63, 3.8) is 0 Å². The van der Waals surface area contributed by atoms with Gasteiger partial charge in [-0.3, -0.25) is 9.36 Å². The van der Waals surface area contributed by atoms with Gasteiger partial charge < -0.3 is 9.73 Å². The molecule has 31 heavy (non-hydrogen) atoms. The highest BCUT2D eigenvalue weighted by atomic mass is 32.2. The number of nitrogens with zero attached hydrogens (tertiary/aromatic N) is 3. The molecule has 156 valence electrons. The van der Waals surface area contributed by atoms with Crippen molar-refractivity contribution in [1.29, 1.82) is 0 Å². The Morgan fingerprint density at radius 2 is 1.90 bits per heavy atom. The first-order valence-electron chi connectivity index (χ1n) is 9.96. The summed E-state index contributed by atoms with van der Waals surface area (Å²) in [6.45, 7) is 0. The summed E-state index contributed by atoms with van der Waals surface area (Å²) in [4.78, 5) is 12.2. The number of carbonyl (C=O) groups excluding carboxylic acids is 1. The number of halogens is 1. The molecule has 0 bridgehead atoms. The third-order valence-electron chi connectivity index (χ3n) is 4.96. The Morgan fingerprint density at radius 1 is 1.10 bits per heavy atom. The van der Waals surface area contributed by atoms with Crippen molar-refractivity contribution in [1.82, 2.24) is 20.1 Å². The third kappa shape index (κ3) is 4.25. The van der Waals surface area contributed by atoms with Crippen LogP contribution in [0.2, 0.25) is 0 Å². The third-order valence-corrected chi connectivity index (χ3v) is 5.96. The fourth-order valence-corrected chi connectivity index (χ4v) is 4.08. The largest absolute Gasteiger partial charge is 0.461 e. The summed E-state index contributed by atoms with van der Waals surface area (Å²) in [6.07, 6.45) is 3.66. The standard InChI is InChI=1S/C23H19FN4O2S/c24-18-4-1-2-5-19(18)28-21(20-6-3-13-30-20)26-27-23(28)31-14-15-7-9-16(10-8-15)22(29)25-17-11-12-17/h1-10,13,17H,11-12,14H2,(H,25,29). The van der Waals surface area contributed by atoms with Gasteiger partial charge in [-0.05, 0) is 54.8 Å². The van der Waals surface area contributed by atoms with Gasteiger partial charge in [0.05, 0.1) is 12.0 Å². The van der Waals surface area contributed by atoms with Gasteiger partial charge >= 0.3 is 0 Å². The second-order valence-corrected chi connectivity index (χ2v) is 8.25. The lowest BCUT2D eigenvalue weighted by Crippen LogP contribution is -2.25. The summed E-state index contributed by atoms with van der Waals surface area (Å²) >= 11 is 1.44. The average molecular weight is 434 g/mol. The van der Waals surface area contributed by atoms with Crippen molar-refractivity contribution in [3.05, 3.63) is 83.9 Å². The van der Waals surface area contributed by atoms with Crippen LogP contribution in [0, 0.1) is 5.82 Å². The Balaban J connectivity index is 1.38. The maximum atomic E-state index is 14.6. The van der Waals surface area contributed by atoms with E-state index in [9.17, 15) is 9.18 Å². The molecule has 1 aliphatic rings. The van der Waals surface area contributed by atoms with Crippen LogP contribution in [0.4, 0.5) is 4.39 Å². The van der Waals surface area contributed by atoms with E-state index in [2.05, 4.69) is 15.5 Å². The van der Waals surface area contributed by atoms with E-state index in [0.717, 1.165) is 18.4 Å². The fourth-order valence-electron chi connectivity index (χ4n) is 3.18. The monoisotopic (exact) mass is 434 g/mol. The lowest BCUT2D eigenvalue weighted by Gasteiger charge is -2.10. The summed E-state index contributed by atoms with van der Waals surface area (Å²) in [6, 6.07) is 17.8. The lowest BCUT2D eigenvalue weighted by atomic mass is 10.1. The molecule has 6 nitrogen and oxygen atoms in total. The quantitative estimate of drug-likeness (QED) is 0.421. The van der Waals surface area contributed by atoms with Crippen LogP contribution in [0.15, 0.2) is 76.5 Å². The number of hydrogen-bond donors (Lipinski definition) is 1. The number of carbonyl (C=O) groups is 1. The predicted molar refractivity (Wildman–Crippen MR) is 116 cm³/mol. The number of furan rings is 1. The second-order valence-electron chi connectivity index (χ2n) is 7.30. The molecule has 0 atom stereocenters. The fraction of sp³-hybridized carbons (Fsp3) is 0.174. The number of benzene rings is 2. The number of para-hydroxylation sites is 1. The molecule has 1 saturated carbocycles. The van der Waals surface area contributed by atoms with Gasteiger partial charge in [0, 0.05) is 17.4 Å². The molecule has 2 aromatic carbocycles. The van der Waals surface area contributed by atoms with E-state index >= 15 is 0 Å². The Morgan fingerprint density at radius 3 is 2.61 bits per heavy atom. The topological polar surface area (TPSA) is 73.0 Å². The molecule has 2 aromatic heterocycles. The minimum absolute atomic E-state index is 0.0379. The molecule has 0 aliphatic heterocycles. The zero-order chi connectivity index (χ0) is 21.2. The highest BCUT2D eigenvalue weighted by molar-refractivity contribution is 7.98. The number of rotatable bonds is 7. The minimum atomic E-state index is -0.372. The van der Waals surface area contributed by atoms with Gasteiger partial charge in [0.15, 0.2) is 10.9 Å². The van der Waals surface area contributed by atoms with Gasteiger partial charge in [-0.1, -0.05) is 36.0 Å². The molecule has 1 fully saturated rings. The molecular weight excluding hydrogens is 415 g/mol. The Hall–Kier alpha value is -3.39. The van der Waals surface area contributed by atoms with Crippen LogP contribution in [-0.2, 0) is 5.75 Å². The van der Waals surface area contributed by atoms with Gasteiger partial charge in [0.25, 0.3) is 5.91 Å². The molecular formula is C23H19FN4O2S. The van der Waals surface area contributed by atoms with Gasteiger partial charge in [-0.15, -0.1) is 10.2 Å². The second kappa shape index (κ2) is 8.39. The average Bonchev–Trinajstić information content (AvgIpc) is 3.26. The summed E-state index contributed by atoms with van der Waals surface area (Å²) in [5.74, 6) is 1.13. The molecule has 1 N–H and O–H groups in total. The summed E-state index contributed by atoms with van der Waals surface area (Å²) in [5, 5.41) is 12.0. The smallest absolute Gasteiger partial charge is 0.251 e. The summed E-state index contributed by atoms with van der Waals surface area (Å²) in [7, 11) is 0. The molecule has 0 unspecified atom stereocenters. The van der Waals surface area contributed by atoms with Gasteiger partial charge in [0.2, 0.25) is 5.82 Å². The van der Waals surface area contributed by atoms with Gasteiger partial charge in [-0.25, -0.2) is 4.39 Å². The van der Waals surface area contributed by atoms with E-state index in [1.165, 1.54) is 17.8 Å². The lowest BCUT2D eigenvalue weighted by molar-refractivity contribution is 0.0951. The molecule has 1 aliphatic carbocycles. The van der Waals surface area contributed by atoms with Gasteiger partial charge in [0.1, 0.15) is 5.82 Å². The van der Waals surface area contributed by atoms with Crippen molar-refractivity contribution in [2.45, 2.75) is 29.8 Å². The van der Waals surface area contributed by atoms with Crippen molar-refractivity contribution in [2.75, 3.05) is 0 Å². The first-order valence-corrected chi connectivity index (χ1v) is 10.9. The van der Waals surface area contributed by atoms with Crippen molar-refractivity contribution in [2.24, 2.45) is 0 Å². The van der Waals surface area contributed by atoms with Crippen LogP contribution in [0.3, 0.4) is 0 Å². The van der Waals surface area contributed by atoms with E-state index < -0.39 is 0 Å². The first kappa shape index (κ1) is 19.6. The maximum absolute atomic E-state index is 14.6. The van der Waals surface area contributed by atoms with Crippen LogP contribution in [0.5, 0.6) is 0 Å². The molecule has 5 rings (SSSR count). The molecule has 4 aromatic rings. The zero-order valence-electron chi connectivity index (χ0n) is 16.5. The molecule has 8 heteroatoms. The highest BCUT2D eigenvalue weighted by Crippen LogP contribution is 2.31. The van der Waals surface area contributed by atoms with Crippen LogP contribution in [-0.4, -0.2) is 26.7 Å². The number of aromatic nitrogens is 3. The van der Waals surface area contributed by atoms with E-state index in [0.29, 0.717) is 39.8 Å². The zero-order valence-corrected chi connectivity index (χ0v) is 17.3. The summed E-state index contributed by atoms with van der Waals surface area (Å²) < 4.78 is 21.7. The number of hydrogen-bond acceptors (Lipinski definition) is 5. The molecule has 2 heterocycles. The Kier molecular flexibility index (Phi) is 5.30. The van der Waals surface area contributed by atoms with Crippen molar-refractivity contribution in [3.8, 4) is 17.3 Å². The predicted octanol–water partition coefficient (Wildman–Crippen LogP) is 4.85. The van der Waals surface area contributed by atoms with Crippen molar-refractivity contribution < 1.29 is 13.6 Å². The minimum Gasteiger partial charge on any atom is -0.461 e. The van der Waals surface area contributed by atoms with Crippen LogP contribution in [0.25, 0.3) is 17.3 Å². The number of thioether (sulfide) groups is 1. The van der Waals surface area contributed by atoms with Crippen LogP contribution < -0.4 is 5.32 Å². The highest BCUT2D eigenvalue weighted by Gasteiger charge is 2.24. The SMILES string of the molecule is O=C(NC1CC1)c1ccc(CSc2nnc(-c3ccco3)n2-c2ccccc2F)cc1. The normalized spacial score (nSPS) is 13.3. The van der Waals surface area contributed by atoms with Gasteiger partial charge in [-0.2, -0.15) is 0 Å². The molecule has 0 radical (unpaired) electrons. The number of nitrogens with one attached hydrogen (secondary N) is 1. The first-order chi connectivity index (χ1) is 15.2. The number of amides is 1. The van der Waals surface area contributed by atoms with Crippen LogP contribution >= 0.6 is 11.8 Å². The Bertz CT molecular complexity index is 1200. The van der Waals surface area contributed by atoms with E-state index in [1.807, 2.05) is 24.3 Å². The molecule has 0 saturated heterocycles. The maximum Gasteiger partial charge on any atom is 0.251 e. The molecule has 0 spiro atoms. The summed E-state index contributed by atoms with van der Waals surface area (Å²) in [5.41, 5.74) is 2.03. The van der Waals surface area contributed by atoms with E-state index in [-0.39, 0.29) is 11.7 Å². The van der Waals surface area contributed by atoms with E-state index in [1.54, 1.807) is 41.2 Å². The molecule has 1 amide bonds. The Labute approximate surface area is 182 Å². The van der Waals surface area contributed by atoms with Crippen molar-refractivity contribution >= 4 is 17.7 Å².